The molecule has 0 radical (unpaired) electrons. The molecule has 1 aliphatic heterocycles. The Labute approximate surface area is 261 Å². The highest BCUT2D eigenvalue weighted by atomic mass is 35.5. The molecule has 2 atom stereocenters. The summed E-state index contributed by atoms with van der Waals surface area (Å²) in [6.07, 6.45) is 6.30. The fraction of sp³-hybridized carbons (Fsp3) is 0.294. The van der Waals surface area contributed by atoms with E-state index in [2.05, 4.69) is 57.5 Å². The van der Waals surface area contributed by atoms with E-state index in [1.807, 2.05) is 29.0 Å². The lowest BCUT2D eigenvalue weighted by Crippen LogP contribution is -2.36. The number of rotatable bonds is 11. The zero-order valence-electron chi connectivity index (χ0n) is 24.8. The number of likely N-dealkylation sites (N-methyl/N-ethyl adjacent to an activating group) is 1. The lowest BCUT2D eigenvalue weighted by molar-refractivity contribution is 0.106. The summed E-state index contributed by atoms with van der Waals surface area (Å²) in [7, 11) is 4.23. The van der Waals surface area contributed by atoms with Crippen LogP contribution in [-0.2, 0) is 13.2 Å². The molecule has 1 aliphatic rings. The average molecular weight is 615 g/mol. The monoisotopic (exact) mass is 614 g/mol. The molecule has 2 N–H and O–H groups in total. The van der Waals surface area contributed by atoms with Crippen LogP contribution in [0.2, 0.25) is 5.02 Å². The lowest BCUT2D eigenvalue weighted by atomic mass is 10.1. The molecule has 5 aromatic rings. The van der Waals surface area contributed by atoms with Crippen LogP contribution in [0.4, 0.5) is 15.9 Å². The first kappa shape index (κ1) is 30.0. The molecule has 10 heteroatoms. The number of anilines is 2. The first-order valence-electron chi connectivity index (χ1n) is 14.7. The molecule has 0 saturated carbocycles. The van der Waals surface area contributed by atoms with E-state index in [-0.39, 0.29) is 12.4 Å². The van der Waals surface area contributed by atoms with Gasteiger partial charge in [0.05, 0.1) is 16.6 Å². The summed E-state index contributed by atoms with van der Waals surface area (Å²) in [6.45, 7) is 3.43. The van der Waals surface area contributed by atoms with Gasteiger partial charge in [-0.05, 0) is 92.3 Å². The van der Waals surface area contributed by atoms with Crippen molar-refractivity contribution < 1.29 is 14.2 Å². The molecular formula is C34H36ClFN6O2. The topological polar surface area (TPSA) is 78.7 Å². The largest absolute Gasteiger partial charge is 0.487 e. The van der Waals surface area contributed by atoms with Gasteiger partial charge in [-0.1, -0.05) is 29.8 Å². The number of hydrogen-bond acceptors (Lipinski definition) is 7. The zero-order valence-corrected chi connectivity index (χ0v) is 25.6. The normalized spacial score (nSPS) is 16.1. The second-order valence-electron chi connectivity index (χ2n) is 11.6. The van der Waals surface area contributed by atoms with Crippen LogP contribution in [0, 0.1) is 5.82 Å². The molecule has 6 rings (SSSR count). The van der Waals surface area contributed by atoms with Crippen molar-refractivity contribution in [2.24, 2.45) is 0 Å². The Hall–Kier alpha value is -4.02. The Bertz CT molecular complexity index is 1740. The van der Waals surface area contributed by atoms with Crippen molar-refractivity contribution in [2.45, 2.75) is 31.7 Å². The number of hydrogen-bond donors (Lipinski definition) is 2. The number of halogens is 2. The Kier molecular flexibility index (Phi) is 9.09. The zero-order chi connectivity index (χ0) is 30.6. The summed E-state index contributed by atoms with van der Waals surface area (Å²) in [5, 5.41) is 15.4. The fourth-order valence-corrected chi connectivity index (χ4v) is 5.91. The number of aromatic nitrogens is 3. The van der Waals surface area contributed by atoms with Gasteiger partial charge in [-0.2, -0.15) is 0 Å². The molecule has 228 valence electrons. The number of aliphatic hydroxyl groups is 1. The highest BCUT2D eigenvalue weighted by Crippen LogP contribution is 2.32. The summed E-state index contributed by atoms with van der Waals surface area (Å²) >= 11 is 6.52. The second-order valence-corrected chi connectivity index (χ2v) is 12.0. The minimum atomic E-state index is -0.443. The number of aliphatic hydroxyl groups excluding tert-OH is 1. The molecule has 0 aliphatic carbocycles. The van der Waals surface area contributed by atoms with Gasteiger partial charge < -0.3 is 24.6 Å². The maximum atomic E-state index is 13.5. The third kappa shape index (κ3) is 7.19. The van der Waals surface area contributed by atoms with E-state index in [1.165, 1.54) is 18.5 Å². The quantitative estimate of drug-likeness (QED) is 0.183. The third-order valence-corrected chi connectivity index (χ3v) is 8.36. The van der Waals surface area contributed by atoms with Gasteiger partial charge in [0.2, 0.25) is 0 Å². The molecule has 0 amide bonds. The first-order chi connectivity index (χ1) is 21.3. The number of ether oxygens (including phenoxy) is 1. The van der Waals surface area contributed by atoms with Crippen LogP contribution < -0.4 is 10.1 Å². The van der Waals surface area contributed by atoms with Crippen molar-refractivity contribution in [1.29, 1.82) is 0 Å². The molecule has 1 fully saturated rings. The third-order valence-electron chi connectivity index (χ3n) is 8.07. The Morgan fingerprint density at radius 2 is 1.95 bits per heavy atom. The summed E-state index contributed by atoms with van der Waals surface area (Å²) < 4.78 is 21.4. The standard InChI is InChI=1S/C34H36ClFN6O2/c1-40(2)28-11-13-42(18-28)20-29(43)19-41-12-10-25(17-41)24-6-8-32-30(15-24)34(38-22-37-32)39-27-7-9-33(31(35)16-27)44-21-23-4-3-5-26(36)14-23/h3-10,12,14-17,22,28-29,43H,11,13,18-21H2,1-2H3,(H,37,38,39)/t28-,29?/m1/s1. The maximum absolute atomic E-state index is 13.5. The van der Waals surface area contributed by atoms with Crippen molar-refractivity contribution in [3.8, 4) is 16.9 Å². The van der Waals surface area contributed by atoms with Gasteiger partial charge >= 0.3 is 0 Å². The van der Waals surface area contributed by atoms with E-state index < -0.39 is 6.10 Å². The number of β-amino-alcohol motifs (C(OH)–C–C–N with tert-alkyl or cyclic N) is 1. The number of benzene rings is 3. The first-order valence-corrected chi connectivity index (χ1v) is 15.1. The minimum absolute atomic E-state index is 0.208. The molecule has 0 bridgehead atoms. The highest BCUT2D eigenvalue weighted by Gasteiger charge is 2.25. The van der Waals surface area contributed by atoms with Crippen molar-refractivity contribution in [2.75, 3.05) is 39.0 Å². The molecule has 1 saturated heterocycles. The molecule has 3 heterocycles. The minimum Gasteiger partial charge on any atom is -0.487 e. The van der Waals surface area contributed by atoms with Crippen LogP contribution in [0.5, 0.6) is 5.75 Å². The molecular weight excluding hydrogens is 579 g/mol. The van der Waals surface area contributed by atoms with E-state index >= 15 is 0 Å². The smallest absolute Gasteiger partial charge is 0.141 e. The van der Waals surface area contributed by atoms with Gasteiger partial charge in [-0.3, -0.25) is 4.90 Å². The number of nitrogens with zero attached hydrogens (tertiary/aromatic N) is 5. The van der Waals surface area contributed by atoms with E-state index in [0.29, 0.717) is 35.7 Å². The molecule has 0 spiro atoms. The summed E-state index contributed by atoms with van der Waals surface area (Å²) in [4.78, 5) is 13.6. The summed E-state index contributed by atoms with van der Waals surface area (Å²) in [5.74, 6) is 0.849. The van der Waals surface area contributed by atoms with Crippen LogP contribution in [0.15, 0.2) is 85.5 Å². The van der Waals surface area contributed by atoms with Gasteiger partial charge in [0.15, 0.2) is 0 Å². The Morgan fingerprint density at radius 1 is 1.07 bits per heavy atom. The molecule has 3 aromatic carbocycles. The predicted molar refractivity (Wildman–Crippen MR) is 173 cm³/mol. The van der Waals surface area contributed by atoms with Gasteiger partial charge in [-0.25, -0.2) is 14.4 Å². The van der Waals surface area contributed by atoms with Gasteiger partial charge in [0, 0.05) is 49.1 Å². The van der Waals surface area contributed by atoms with Crippen molar-refractivity contribution in [1.82, 2.24) is 24.3 Å². The Morgan fingerprint density at radius 3 is 2.75 bits per heavy atom. The van der Waals surface area contributed by atoms with Gasteiger partial charge in [0.1, 0.15) is 30.3 Å². The molecule has 1 unspecified atom stereocenters. The number of likely N-dealkylation sites (tertiary alicyclic amines) is 1. The van der Waals surface area contributed by atoms with Crippen LogP contribution in [0.1, 0.15) is 12.0 Å². The predicted octanol–water partition coefficient (Wildman–Crippen LogP) is 6.21. The summed E-state index contributed by atoms with van der Waals surface area (Å²) in [6, 6.07) is 20.4. The summed E-state index contributed by atoms with van der Waals surface area (Å²) in [5.41, 5.74) is 4.34. The van der Waals surface area contributed by atoms with E-state index in [1.54, 1.807) is 24.3 Å². The van der Waals surface area contributed by atoms with Gasteiger partial charge in [0.25, 0.3) is 0 Å². The molecule has 2 aromatic heterocycles. The molecule has 44 heavy (non-hydrogen) atoms. The van der Waals surface area contributed by atoms with E-state index in [9.17, 15) is 9.50 Å². The fourth-order valence-electron chi connectivity index (χ4n) is 5.68. The number of nitrogens with one attached hydrogen (secondary N) is 1. The maximum Gasteiger partial charge on any atom is 0.141 e. The van der Waals surface area contributed by atoms with E-state index in [4.69, 9.17) is 16.3 Å². The lowest BCUT2D eigenvalue weighted by Gasteiger charge is -2.22. The van der Waals surface area contributed by atoms with Crippen LogP contribution in [-0.4, -0.2) is 75.3 Å². The van der Waals surface area contributed by atoms with Crippen LogP contribution in [0.25, 0.3) is 22.0 Å². The van der Waals surface area contributed by atoms with Crippen molar-refractivity contribution in [3.05, 3.63) is 102 Å². The highest BCUT2D eigenvalue weighted by molar-refractivity contribution is 6.32. The van der Waals surface area contributed by atoms with Crippen LogP contribution >= 0.6 is 11.6 Å². The van der Waals surface area contributed by atoms with Crippen LogP contribution in [0.3, 0.4) is 0 Å². The van der Waals surface area contributed by atoms with Crippen molar-refractivity contribution >= 4 is 34.0 Å². The average Bonchev–Trinajstić information content (AvgIpc) is 3.67. The van der Waals surface area contributed by atoms with Crippen molar-refractivity contribution in [3.63, 3.8) is 0 Å². The van der Waals surface area contributed by atoms with Gasteiger partial charge in [-0.15, -0.1) is 0 Å². The van der Waals surface area contributed by atoms with E-state index in [0.717, 1.165) is 52.8 Å². The SMILES string of the molecule is CN(C)[C@@H]1CCN(CC(O)Cn2ccc(-c3ccc4ncnc(Nc5ccc(OCc6cccc(F)c6)c(Cl)c5)c4c3)c2)C1. The number of fused-ring (bicyclic) bond motifs is 1. The second kappa shape index (κ2) is 13.3. The Balaban J connectivity index is 1.13. The molecule has 8 nitrogen and oxygen atoms in total.